The van der Waals surface area contributed by atoms with Crippen LogP contribution in [-0.4, -0.2) is 61.3 Å². The van der Waals surface area contributed by atoms with Crippen molar-refractivity contribution in [1.29, 1.82) is 0 Å². The van der Waals surface area contributed by atoms with E-state index < -0.39 is 0 Å². The Bertz CT molecular complexity index is 499. The first-order chi connectivity index (χ1) is 10.6. The summed E-state index contributed by atoms with van der Waals surface area (Å²) < 4.78 is 0. The molecular formula is C17H26N4O. The van der Waals surface area contributed by atoms with Gasteiger partial charge in [0.05, 0.1) is 5.92 Å². The second-order valence-electron chi connectivity index (χ2n) is 6.50. The number of amides is 1. The van der Waals surface area contributed by atoms with Crippen molar-refractivity contribution in [3.05, 3.63) is 35.9 Å². The van der Waals surface area contributed by atoms with Gasteiger partial charge in [-0.3, -0.25) is 15.0 Å². The van der Waals surface area contributed by atoms with Crippen molar-refractivity contribution in [2.75, 3.05) is 33.2 Å². The van der Waals surface area contributed by atoms with Gasteiger partial charge >= 0.3 is 0 Å². The molecule has 3 unspecified atom stereocenters. The molecule has 1 aromatic carbocycles. The predicted octanol–water partition coefficient (Wildman–Crippen LogP) is 0.484. The monoisotopic (exact) mass is 302 g/mol. The molecule has 1 aromatic rings. The van der Waals surface area contributed by atoms with Crippen LogP contribution in [0.5, 0.6) is 0 Å². The molecule has 2 N–H and O–H groups in total. The summed E-state index contributed by atoms with van der Waals surface area (Å²) in [7, 11) is 2.14. The number of likely N-dealkylation sites (N-methyl/N-ethyl adjacent to an activating group) is 1. The maximum Gasteiger partial charge on any atom is 0.227 e. The van der Waals surface area contributed by atoms with E-state index in [2.05, 4.69) is 46.5 Å². The summed E-state index contributed by atoms with van der Waals surface area (Å²) >= 11 is 0. The Kier molecular flexibility index (Phi) is 4.76. The van der Waals surface area contributed by atoms with E-state index in [0.717, 1.165) is 32.6 Å². The molecule has 0 radical (unpaired) electrons. The summed E-state index contributed by atoms with van der Waals surface area (Å²) in [6.07, 6.45) is 0.763. The largest absolute Gasteiger partial charge is 0.328 e. The van der Waals surface area contributed by atoms with Crippen LogP contribution in [0.2, 0.25) is 0 Å². The van der Waals surface area contributed by atoms with Crippen LogP contribution in [0.4, 0.5) is 0 Å². The van der Waals surface area contributed by atoms with E-state index in [1.54, 1.807) is 0 Å². The van der Waals surface area contributed by atoms with Crippen molar-refractivity contribution >= 4 is 5.91 Å². The van der Waals surface area contributed by atoms with Gasteiger partial charge in [0.1, 0.15) is 6.29 Å². The lowest BCUT2D eigenvalue weighted by molar-refractivity contribution is -0.132. The summed E-state index contributed by atoms with van der Waals surface area (Å²) in [4.78, 5) is 17.2. The zero-order chi connectivity index (χ0) is 15.5. The van der Waals surface area contributed by atoms with Gasteiger partial charge in [-0.2, -0.15) is 0 Å². The van der Waals surface area contributed by atoms with Crippen molar-refractivity contribution in [1.82, 2.24) is 20.4 Å². The van der Waals surface area contributed by atoms with Crippen LogP contribution in [0.25, 0.3) is 0 Å². The highest BCUT2D eigenvalue weighted by molar-refractivity contribution is 5.80. The summed E-state index contributed by atoms with van der Waals surface area (Å²) in [5.74, 6) is 0.158. The lowest BCUT2D eigenvalue weighted by atomic mass is 9.90. The fourth-order valence-corrected chi connectivity index (χ4v) is 3.29. The standard InChI is InChI=1S/C17H26N4O/c1-13-15(12-14-6-4-3-5-7-14)16(22)19-17(18-13)21-10-8-20(2)9-11-21/h3-7,13,15,17-18H,8-12H2,1-2H3,(H,19,22). The van der Waals surface area contributed by atoms with Gasteiger partial charge in [-0.1, -0.05) is 30.3 Å². The van der Waals surface area contributed by atoms with Gasteiger partial charge in [0.2, 0.25) is 5.91 Å². The zero-order valence-electron chi connectivity index (χ0n) is 13.5. The Balaban J connectivity index is 1.60. The molecule has 1 amide bonds. The van der Waals surface area contributed by atoms with Gasteiger partial charge in [-0.15, -0.1) is 0 Å². The van der Waals surface area contributed by atoms with Crippen molar-refractivity contribution in [2.45, 2.75) is 25.7 Å². The number of nitrogens with one attached hydrogen (secondary N) is 2. The van der Waals surface area contributed by atoms with Gasteiger partial charge in [0.25, 0.3) is 0 Å². The number of rotatable bonds is 3. The Hall–Kier alpha value is -1.43. The molecule has 0 aliphatic carbocycles. The minimum Gasteiger partial charge on any atom is -0.328 e. The molecule has 0 aromatic heterocycles. The molecule has 2 fully saturated rings. The van der Waals surface area contributed by atoms with Gasteiger partial charge in [-0.05, 0) is 26.0 Å². The van der Waals surface area contributed by atoms with Crippen LogP contribution in [0.3, 0.4) is 0 Å². The zero-order valence-corrected chi connectivity index (χ0v) is 13.5. The maximum absolute atomic E-state index is 12.5. The maximum atomic E-state index is 12.5. The number of benzene rings is 1. The minimum atomic E-state index is -0.0248. The molecule has 2 aliphatic heterocycles. The van der Waals surface area contributed by atoms with Crippen LogP contribution < -0.4 is 10.6 Å². The molecule has 22 heavy (non-hydrogen) atoms. The third-order valence-corrected chi connectivity index (χ3v) is 4.84. The van der Waals surface area contributed by atoms with E-state index >= 15 is 0 Å². The summed E-state index contributed by atoms with van der Waals surface area (Å²) in [6, 6.07) is 10.4. The highest BCUT2D eigenvalue weighted by atomic mass is 16.2. The number of nitrogens with zero attached hydrogens (tertiary/aromatic N) is 2. The van der Waals surface area contributed by atoms with Crippen LogP contribution in [0.1, 0.15) is 12.5 Å². The van der Waals surface area contributed by atoms with Gasteiger partial charge < -0.3 is 10.2 Å². The molecule has 0 spiro atoms. The van der Waals surface area contributed by atoms with E-state index in [1.165, 1.54) is 5.56 Å². The average Bonchev–Trinajstić information content (AvgIpc) is 2.52. The van der Waals surface area contributed by atoms with Crippen LogP contribution in [0.15, 0.2) is 30.3 Å². The molecular weight excluding hydrogens is 276 g/mol. The van der Waals surface area contributed by atoms with Crippen molar-refractivity contribution in [2.24, 2.45) is 5.92 Å². The third kappa shape index (κ3) is 3.48. The Morgan fingerprint density at radius 1 is 1.14 bits per heavy atom. The number of hydrogen-bond donors (Lipinski definition) is 2. The van der Waals surface area contributed by atoms with E-state index in [9.17, 15) is 4.79 Å². The van der Waals surface area contributed by atoms with Gasteiger partial charge in [-0.25, -0.2) is 0 Å². The minimum absolute atomic E-state index is 0.00823. The smallest absolute Gasteiger partial charge is 0.227 e. The van der Waals surface area contributed by atoms with Crippen molar-refractivity contribution in [3.63, 3.8) is 0 Å². The molecule has 0 bridgehead atoms. The molecule has 5 nitrogen and oxygen atoms in total. The summed E-state index contributed by atoms with van der Waals surface area (Å²) in [5.41, 5.74) is 1.22. The quantitative estimate of drug-likeness (QED) is 0.853. The predicted molar refractivity (Wildman–Crippen MR) is 87.2 cm³/mol. The molecule has 0 saturated carbocycles. The third-order valence-electron chi connectivity index (χ3n) is 4.84. The summed E-state index contributed by atoms with van der Waals surface area (Å²) in [5, 5.41) is 6.74. The normalized spacial score (nSPS) is 31.0. The fraction of sp³-hybridized carbons (Fsp3) is 0.588. The lowest BCUT2D eigenvalue weighted by Crippen LogP contribution is -2.68. The molecule has 2 heterocycles. The second-order valence-corrected chi connectivity index (χ2v) is 6.50. The Labute approximate surface area is 132 Å². The summed E-state index contributed by atoms with van der Waals surface area (Å²) in [6.45, 7) is 6.20. The molecule has 5 heteroatoms. The first-order valence-corrected chi connectivity index (χ1v) is 8.16. The van der Waals surface area contributed by atoms with E-state index in [0.29, 0.717) is 0 Å². The SMILES string of the molecule is CC1NC(N2CCN(C)CC2)NC(=O)C1Cc1ccccc1. The van der Waals surface area contributed by atoms with Crippen LogP contribution in [0, 0.1) is 5.92 Å². The average molecular weight is 302 g/mol. The first kappa shape index (κ1) is 15.5. The molecule has 120 valence electrons. The van der Waals surface area contributed by atoms with E-state index in [1.807, 2.05) is 18.2 Å². The van der Waals surface area contributed by atoms with Crippen molar-refractivity contribution < 1.29 is 4.79 Å². The second kappa shape index (κ2) is 6.77. The number of carbonyl (C=O) groups is 1. The number of hydrogen-bond acceptors (Lipinski definition) is 4. The van der Waals surface area contributed by atoms with Crippen LogP contribution >= 0.6 is 0 Å². The number of piperazine rings is 1. The topological polar surface area (TPSA) is 47.6 Å². The first-order valence-electron chi connectivity index (χ1n) is 8.16. The molecule has 3 rings (SSSR count). The molecule has 3 atom stereocenters. The van der Waals surface area contributed by atoms with Gasteiger partial charge in [0.15, 0.2) is 0 Å². The van der Waals surface area contributed by atoms with Gasteiger partial charge in [0, 0.05) is 32.2 Å². The van der Waals surface area contributed by atoms with Crippen molar-refractivity contribution in [3.8, 4) is 0 Å². The van der Waals surface area contributed by atoms with E-state index in [4.69, 9.17) is 0 Å². The number of carbonyl (C=O) groups excluding carboxylic acids is 1. The fourth-order valence-electron chi connectivity index (χ4n) is 3.29. The van der Waals surface area contributed by atoms with E-state index in [-0.39, 0.29) is 24.2 Å². The lowest BCUT2D eigenvalue weighted by Gasteiger charge is -2.44. The van der Waals surface area contributed by atoms with Crippen LogP contribution in [-0.2, 0) is 11.2 Å². The Morgan fingerprint density at radius 3 is 2.45 bits per heavy atom. The highest BCUT2D eigenvalue weighted by Gasteiger charge is 2.36. The highest BCUT2D eigenvalue weighted by Crippen LogP contribution is 2.18. The molecule has 2 aliphatic rings. The Morgan fingerprint density at radius 2 is 1.82 bits per heavy atom. The molecule has 2 saturated heterocycles.